The number of urea groups is 1. The number of benzene rings is 2. The highest BCUT2D eigenvalue weighted by atomic mass is 19.1. The number of imide groups is 1. The molecule has 1 aliphatic rings. The van der Waals surface area contributed by atoms with Crippen LogP contribution in [0.3, 0.4) is 0 Å². The number of ketones is 1. The fraction of sp³-hybridized carbons (Fsp3) is 0.250. The van der Waals surface area contributed by atoms with E-state index in [1.165, 1.54) is 51.5 Å². The molecule has 0 saturated carbocycles. The van der Waals surface area contributed by atoms with E-state index in [9.17, 15) is 18.8 Å². The molecule has 7 nitrogen and oxygen atoms in total. The number of ether oxygens (including phenoxy) is 2. The lowest BCUT2D eigenvalue weighted by atomic mass is 9.92. The van der Waals surface area contributed by atoms with Gasteiger partial charge in [0.1, 0.15) is 22.9 Å². The van der Waals surface area contributed by atoms with Gasteiger partial charge in [-0.05, 0) is 36.8 Å². The van der Waals surface area contributed by atoms with Crippen molar-refractivity contribution in [2.45, 2.75) is 12.5 Å². The average molecular weight is 386 g/mol. The fourth-order valence-electron chi connectivity index (χ4n) is 3.08. The molecule has 0 radical (unpaired) electrons. The maximum Gasteiger partial charge on any atom is 0.325 e. The molecule has 8 heteroatoms. The van der Waals surface area contributed by atoms with E-state index in [1.807, 2.05) is 0 Å². The number of carbonyl (C=O) groups excluding carboxylic acids is 3. The van der Waals surface area contributed by atoms with Crippen LogP contribution in [0.1, 0.15) is 22.8 Å². The second kappa shape index (κ2) is 7.30. The predicted molar refractivity (Wildman–Crippen MR) is 97.9 cm³/mol. The van der Waals surface area contributed by atoms with Gasteiger partial charge in [0.2, 0.25) is 0 Å². The number of rotatable bonds is 6. The minimum atomic E-state index is -1.38. The molecule has 146 valence electrons. The average Bonchev–Trinajstić information content (AvgIpc) is 2.91. The lowest BCUT2D eigenvalue weighted by Gasteiger charge is -2.22. The molecular weight excluding hydrogens is 367 g/mol. The fourth-order valence-corrected chi connectivity index (χ4v) is 3.08. The van der Waals surface area contributed by atoms with E-state index in [-0.39, 0.29) is 11.3 Å². The van der Waals surface area contributed by atoms with Crippen molar-refractivity contribution in [3.63, 3.8) is 0 Å². The Morgan fingerprint density at radius 3 is 2.39 bits per heavy atom. The number of hydrogen-bond acceptors (Lipinski definition) is 5. The number of nitrogens with zero attached hydrogens (tertiary/aromatic N) is 1. The zero-order valence-electron chi connectivity index (χ0n) is 15.6. The van der Waals surface area contributed by atoms with Gasteiger partial charge < -0.3 is 14.8 Å². The molecule has 2 aromatic carbocycles. The normalized spacial score (nSPS) is 18.8. The molecule has 0 spiro atoms. The van der Waals surface area contributed by atoms with Crippen LogP contribution >= 0.6 is 0 Å². The Labute approximate surface area is 161 Å². The number of hydrogen-bond donors (Lipinski definition) is 1. The van der Waals surface area contributed by atoms with Crippen LogP contribution in [-0.2, 0) is 10.3 Å². The third-order valence-corrected chi connectivity index (χ3v) is 4.71. The second-order valence-electron chi connectivity index (χ2n) is 6.44. The summed E-state index contributed by atoms with van der Waals surface area (Å²) >= 11 is 0. The van der Waals surface area contributed by atoms with Crippen molar-refractivity contribution in [3.8, 4) is 11.5 Å². The van der Waals surface area contributed by atoms with Gasteiger partial charge in [-0.2, -0.15) is 0 Å². The number of Topliss-reactive ketones (excluding diaryl/α,β-unsaturated/α-hetero) is 1. The van der Waals surface area contributed by atoms with E-state index in [4.69, 9.17) is 9.47 Å². The topological polar surface area (TPSA) is 84.9 Å². The molecule has 0 bridgehead atoms. The van der Waals surface area contributed by atoms with Crippen LogP contribution in [0.25, 0.3) is 0 Å². The molecule has 1 heterocycles. The molecule has 1 saturated heterocycles. The first-order chi connectivity index (χ1) is 13.3. The minimum absolute atomic E-state index is 0.222. The highest BCUT2D eigenvalue weighted by Gasteiger charge is 2.49. The van der Waals surface area contributed by atoms with Gasteiger partial charge in [0.15, 0.2) is 5.78 Å². The smallest absolute Gasteiger partial charge is 0.325 e. The van der Waals surface area contributed by atoms with Gasteiger partial charge in [-0.3, -0.25) is 14.5 Å². The van der Waals surface area contributed by atoms with Crippen LogP contribution in [0.4, 0.5) is 9.18 Å². The van der Waals surface area contributed by atoms with Crippen molar-refractivity contribution in [3.05, 3.63) is 59.4 Å². The minimum Gasteiger partial charge on any atom is -0.497 e. The monoisotopic (exact) mass is 386 g/mol. The Balaban J connectivity index is 1.85. The maximum atomic E-state index is 13.2. The highest BCUT2D eigenvalue weighted by molar-refractivity contribution is 6.11. The summed E-state index contributed by atoms with van der Waals surface area (Å²) < 4.78 is 23.5. The largest absolute Gasteiger partial charge is 0.497 e. The van der Waals surface area contributed by atoms with E-state index >= 15 is 0 Å². The molecule has 1 fully saturated rings. The van der Waals surface area contributed by atoms with E-state index in [0.717, 1.165) is 4.90 Å². The number of amides is 3. The van der Waals surface area contributed by atoms with Gasteiger partial charge >= 0.3 is 6.03 Å². The third kappa shape index (κ3) is 3.28. The molecule has 1 aliphatic heterocycles. The Hall–Kier alpha value is -3.42. The molecular formula is C20H19FN2O5. The number of halogens is 1. The van der Waals surface area contributed by atoms with Gasteiger partial charge in [-0.15, -0.1) is 0 Å². The SMILES string of the molecule is COc1ccc(C(=O)CN2C(=O)N[C@@](C)(c3ccc(F)cc3)C2=O)c(OC)c1. The van der Waals surface area contributed by atoms with Crippen LogP contribution in [-0.4, -0.2) is 43.4 Å². The molecule has 0 aromatic heterocycles. The second-order valence-corrected chi connectivity index (χ2v) is 6.44. The van der Waals surface area contributed by atoms with Gasteiger partial charge in [0.05, 0.1) is 26.3 Å². The summed E-state index contributed by atoms with van der Waals surface area (Å²) in [4.78, 5) is 38.8. The van der Waals surface area contributed by atoms with Crippen LogP contribution < -0.4 is 14.8 Å². The Kier molecular flexibility index (Phi) is 5.04. The van der Waals surface area contributed by atoms with Gasteiger partial charge in [0, 0.05) is 6.07 Å². The van der Waals surface area contributed by atoms with Crippen LogP contribution in [0, 0.1) is 5.82 Å². The highest BCUT2D eigenvalue weighted by Crippen LogP contribution is 2.30. The van der Waals surface area contributed by atoms with E-state index in [1.54, 1.807) is 12.1 Å². The molecule has 1 atom stereocenters. The van der Waals surface area contributed by atoms with Crippen molar-refractivity contribution < 1.29 is 28.2 Å². The summed E-state index contributed by atoms with van der Waals surface area (Å²) in [6, 6.07) is 9.20. The first kappa shape index (κ1) is 19.3. The van der Waals surface area contributed by atoms with E-state index in [0.29, 0.717) is 11.3 Å². The van der Waals surface area contributed by atoms with Crippen molar-refractivity contribution >= 4 is 17.7 Å². The van der Waals surface area contributed by atoms with Gasteiger partial charge in [-0.25, -0.2) is 9.18 Å². The van der Waals surface area contributed by atoms with Gasteiger partial charge in [0.25, 0.3) is 5.91 Å². The third-order valence-electron chi connectivity index (χ3n) is 4.71. The van der Waals surface area contributed by atoms with E-state index in [2.05, 4.69) is 5.32 Å². The van der Waals surface area contributed by atoms with Crippen LogP contribution in [0.2, 0.25) is 0 Å². The first-order valence-corrected chi connectivity index (χ1v) is 8.45. The molecule has 2 aromatic rings. The molecule has 3 rings (SSSR count). The van der Waals surface area contributed by atoms with Crippen molar-refractivity contribution in [1.29, 1.82) is 0 Å². The predicted octanol–water partition coefficient (Wildman–Crippen LogP) is 2.49. The number of nitrogens with one attached hydrogen (secondary N) is 1. The van der Waals surface area contributed by atoms with Crippen molar-refractivity contribution in [2.75, 3.05) is 20.8 Å². The molecule has 0 aliphatic carbocycles. The Bertz CT molecular complexity index is 944. The summed E-state index contributed by atoms with van der Waals surface area (Å²) in [6.07, 6.45) is 0. The Morgan fingerprint density at radius 1 is 1.11 bits per heavy atom. The summed E-state index contributed by atoms with van der Waals surface area (Å²) in [7, 11) is 2.89. The summed E-state index contributed by atoms with van der Waals surface area (Å²) in [6.45, 7) is 1.06. The van der Waals surface area contributed by atoms with Crippen molar-refractivity contribution in [2.24, 2.45) is 0 Å². The Morgan fingerprint density at radius 2 is 1.79 bits per heavy atom. The summed E-state index contributed by atoms with van der Waals surface area (Å²) in [5, 5.41) is 2.58. The first-order valence-electron chi connectivity index (χ1n) is 8.45. The van der Waals surface area contributed by atoms with Gasteiger partial charge in [-0.1, -0.05) is 12.1 Å². The molecule has 0 unspecified atom stereocenters. The van der Waals surface area contributed by atoms with Crippen LogP contribution in [0.15, 0.2) is 42.5 Å². The lowest BCUT2D eigenvalue weighted by molar-refractivity contribution is -0.130. The lowest BCUT2D eigenvalue weighted by Crippen LogP contribution is -2.41. The zero-order valence-corrected chi connectivity index (χ0v) is 15.6. The molecule has 1 N–H and O–H groups in total. The van der Waals surface area contributed by atoms with Crippen LogP contribution in [0.5, 0.6) is 11.5 Å². The summed E-state index contributed by atoms with van der Waals surface area (Å²) in [5.41, 5.74) is -0.738. The summed E-state index contributed by atoms with van der Waals surface area (Å²) in [5.74, 6) is -0.732. The zero-order chi connectivity index (χ0) is 20.5. The van der Waals surface area contributed by atoms with Crippen molar-refractivity contribution in [1.82, 2.24) is 10.2 Å². The standard InChI is InChI=1S/C20H19FN2O5/c1-20(12-4-6-13(21)7-5-12)18(25)23(19(26)22-20)11-16(24)15-9-8-14(27-2)10-17(15)28-3/h4-10H,11H2,1-3H3,(H,22,26)/t20-/m0/s1. The van der Waals surface area contributed by atoms with E-state index < -0.39 is 35.6 Å². The maximum absolute atomic E-state index is 13.2. The molecule has 3 amide bonds. The quantitative estimate of drug-likeness (QED) is 0.609. The number of carbonyl (C=O) groups is 3. The molecule has 28 heavy (non-hydrogen) atoms. The number of methoxy groups -OCH3 is 2.